The van der Waals surface area contributed by atoms with E-state index in [1.165, 1.54) is 0 Å². The molecule has 9 heteroatoms. The first kappa shape index (κ1) is 22.3. The first-order chi connectivity index (χ1) is 15.5. The summed E-state index contributed by atoms with van der Waals surface area (Å²) in [6.45, 7) is 1.61. The van der Waals surface area contributed by atoms with Gasteiger partial charge in [-0.3, -0.25) is 14.5 Å². The number of rotatable bonds is 7. The van der Waals surface area contributed by atoms with E-state index in [0.29, 0.717) is 43.9 Å². The molecule has 0 bridgehead atoms. The highest BCUT2D eigenvalue weighted by molar-refractivity contribution is 7.12. The minimum absolute atomic E-state index is 0.0612. The second-order valence-electron chi connectivity index (χ2n) is 8.05. The van der Waals surface area contributed by atoms with Gasteiger partial charge in [-0.05, 0) is 55.1 Å². The maximum absolute atomic E-state index is 13.3. The maximum atomic E-state index is 13.3. The van der Waals surface area contributed by atoms with Crippen molar-refractivity contribution in [2.24, 2.45) is 16.8 Å². The fourth-order valence-corrected chi connectivity index (χ4v) is 5.01. The number of primary amides is 1. The minimum atomic E-state index is -0.255. The van der Waals surface area contributed by atoms with E-state index in [9.17, 15) is 9.59 Å². The van der Waals surface area contributed by atoms with E-state index in [1.807, 2.05) is 35.7 Å². The molecule has 1 fully saturated rings. The van der Waals surface area contributed by atoms with Crippen molar-refractivity contribution in [3.8, 4) is 11.5 Å². The van der Waals surface area contributed by atoms with E-state index < -0.39 is 0 Å². The van der Waals surface area contributed by atoms with Gasteiger partial charge in [0.2, 0.25) is 5.91 Å². The van der Waals surface area contributed by atoms with Crippen molar-refractivity contribution in [3.63, 3.8) is 0 Å². The van der Waals surface area contributed by atoms with Gasteiger partial charge >= 0.3 is 0 Å². The molecule has 2 aliphatic rings. The highest BCUT2D eigenvalue weighted by atomic mass is 32.1. The number of ether oxygens (including phenoxy) is 2. The van der Waals surface area contributed by atoms with Gasteiger partial charge in [-0.15, -0.1) is 11.3 Å². The van der Waals surface area contributed by atoms with Crippen LogP contribution in [-0.4, -0.2) is 61.3 Å². The van der Waals surface area contributed by atoms with E-state index in [1.54, 1.807) is 30.6 Å². The molecular weight excluding hydrogens is 428 g/mol. The van der Waals surface area contributed by atoms with Crippen LogP contribution >= 0.6 is 11.3 Å². The van der Waals surface area contributed by atoms with Crippen LogP contribution in [-0.2, 0) is 9.59 Å². The van der Waals surface area contributed by atoms with E-state index in [0.717, 1.165) is 16.2 Å². The Morgan fingerprint density at radius 2 is 1.91 bits per heavy atom. The lowest BCUT2D eigenvalue weighted by atomic mass is 9.96. The van der Waals surface area contributed by atoms with Gasteiger partial charge in [-0.2, -0.15) is 5.10 Å². The van der Waals surface area contributed by atoms with Crippen molar-refractivity contribution in [1.29, 1.82) is 0 Å². The third-order valence-corrected chi connectivity index (χ3v) is 7.03. The maximum Gasteiger partial charge on any atom is 0.257 e. The van der Waals surface area contributed by atoms with Gasteiger partial charge in [0, 0.05) is 12.3 Å². The summed E-state index contributed by atoms with van der Waals surface area (Å²) in [4.78, 5) is 27.9. The van der Waals surface area contributed by atoms with E-state index in [-0.39, 0.29) is 30.3 Å². The molecule has 0 spiro atoms. The fraction of sp³-hybridized carbons (Fsp3) is 0.435. The van der Waals surface area contributed by atoms with Gasteiger partial charge in [0.15, 0.2) is 11.5 Å². The zero-order valence-corrected chi connectivity index (χ0v) is 19.1. The van der Waals surface area contributed by atoms with Crippen LogP contribution in [0.4, 0.5) is 0 Å². The van der Waals surface area contributed by atoms with Crippen LogP contribution < -0.4 is 15.2 Å². The van der Waals surface area contributed by atoms with Crippen molar-refractivity contribution < 1.29 is 19.1 Å². The van der Waals surface area contributed by atoms with Crippen LogP contribution in [0, 0.1) is 5.92 Å². The molecule has 0 aliphatic carbocycles. The lowest BCUT2D eigenvalue weighted by Crippen LogP contribution is -2.44. The molecule has 8 nitrogen and oxygen atoms in total. The third kappa shape index (κ3) is 4.63. The molecule has 1 saturated heterocycles. The summed E-state index contributed by atoms with van der Waals surface area (Å²) in [7, 11) is 3.20. The van der Waals surface area contributed by atoms with Crippen LogP contribution in [0.15, 0.2) is 40.8 Å². The number of hydrogen-bond donors (Lipinski definition) is 1. The number of likely N-dealkylation sites (tertiary alicyclic amines) is 1. The average Bonchev–Trinajstić information content (AvgIpc) is 3.49. The molecule has 2 aliphatic heterocycles. The number of hydrogen-bond acceptors (Lipinski definition) is 7. The molecule has 4 rings (SSSR count). The molecule has 3 heterocycles. The standard InChI is InChI=1S/C23H28N4O4S/c1-30-19-6-5-16(12-20(19)31-2)18-13-17(21-4-3-11-32-21)25-27(18)22(28)14-26-9-7-15(8-10-26)23(24)29/h3-6,11-12,15,18H,7-10,13-14H2,1-2H3,(H2,24,29)/t18-/m0/s1. The number of thiophene rings is 1. The predicted molar refractivity (Wildman–Crippen MR) is 123 cm³/mol. The Bertz CT molecular complexity index is 999. The van der Waals surface area contributed by atoms with Gasteiger partial charge in [0.05, 0.1) is 37.4 Å². The SMILES string of the molecule is COc1ccc([C@@H]2CC(c3cccs3)=NN2C(=O)CN2CCC(C(N)=O)CC2)cc1OC. The summed E-state index contributed by atoms with van der Waals surface area (Å²) in [5.41, 5.74) is 7.28. The van der Waals surface area contributed by atoms with Crippen molar-refractivity contribution in [2.75, 3.05) is 33.9 Å². The number of hydrazone groups is 1. The normalized spacial score (nSPS) is 19.6. The van der Waals surface area contributed by atoms with Gasteiger partial charge in [0.25, 0.3) is 5.91 Å². The molecule has 1 aromatic carbocycles. The van der Waals surface area contributed by atoms with Gasteiger partial charge < -0.3 is 15.2 Å². The minimum Gasteiger partial charge on any atom is -0.493 e. The quantitative estimate of drug-likeness (QED) is 0.691. The van der Waals surface area contributed by atoms with Crippen LogP contribution in [0.25, 0.3) is 0 Å². The number of carbonyl (C=O) groups excluding carboxylic acids is 2. The molecule has 2 N–H and O–H groups in total. The Morgan fingerprint density at radius 1 is 1.16 bits per heavy atom. The molecule has 1 atom stereocenters. The molecule has 2 amide bonds. The van der Waals surface area contributed by atoms with Gasteiger partial charge in [-0.1, -0.05) is 12.1 Å². The molecule has 1 aromatic heterocycles. The fourth-order valence-electron chi connectivity index (χ4n) is 4.29. The zero-order chi connectivity index (χ0) is 22.7. The number of piperidine rings is 1. The lowest BCUT2D eigenvalue weighted by molar-refractivity contribution is -0.134. The number of amides is 2. The van der Waals surface area contributed by atoms with Gasteiger partial charge in [-0.25, -0.2) is 5.01 Å². The molecular formula is C23H28N4O4S. The molecule has 0 saturated carbocycles. The summed E-state index contributed by atoms with van der Waals surface area (Å²) in [5.74, 6) is 0.846. The summed E-state index contributed by atoms with van der Waals surface area (Å²) in [6, 6.07) is 9.52. The largest absolute Gasteiger partial charge is 0.493 e. The Morgan fingerprint density at radius 3 is 2.53 bits per heavy atom. The topological polar surface area (TPSA) is 97.5 Å². The monoisotopic (exact) mass is 456 g/mol. The Labute approximate surface area is 191 Å². The summed E-state index contributed by atoms with van der Waals surface area (Å²) in [5, 5.41) is 8.35. The Hall–Kier alpha value is -2.91. The first-order valence-corrected chi connectivity index (χ1v) is 11.5. The van der Waals surface area contributed by atoms with Crippen molar-refractivity contribution in [1.82, 2.24) is 9.91 Å². The Kier molecular flexibility index (Phi) is 6.76. The van der Waals surface area contributed by atoms with Crippen LogP contribution in [0.5, 0.6) is 11.5 Å². The predicted octanol–water partition coefficient (Wildman–Crippen LogP) is 2.64. The van der Waals surface area contributed by atoms with Crippen molar-refractivity contribution >= 4 is 28.9 Å². The van der Waals surface area contributed by atoms with Gasteiger partial charge in [0.1, 0.15) is 0 Å². The average molecular weight is 457 g/mol. The summed E-state index contributed by atoms with van der Waals surface area (Å²) < 4.78 is 10.8. The van der Waals surface area contributed by atoms with Crippen LogP contribution in [0.1, 0.15) is 35.7 Å². The highest BCUT2D eigenvalue weighted by Gasteiger charge is 2.35. The molecule has 0 radical (unpaired) electrons. The first-order valence-electron chi connectivity index (χ1n) is 10.7. The highest BCUT2D eigenvalue weighted by Crippen LogP contribution is 2.38. The number of nitrogens with two attached hydrogens (primary N) is 1. The molecule has 170 valence electrons. The second kappa shape index (κ2) is 9.70. The molecule has 32 heavy (non-hydrogen) atoms. The number of methoxy groups -OCH3 is 2. The van der Waals surface area contributed by atoms with Crippen LogP contribution in [0.3, 0.4) is 0 Å². The van der Waals surface area contributed by atoms with Crippen molar-refractivity contribution in [2.45, 2.75) is 25.3 Å². The lowest BCUT2D eigenvalue weighted by Gasteiger charge is -2.31. The smallest absolute Gasteiger partial charge is 0.257 e. The van der Waals surface area contributed by atoms with E-state index in [4.69, 9.17) is 20.3 Å². The van der Waals surface area contributed by atoms with Crippen molar-refractivity contribution in [3.05, 3.63) is 46.2 Å². The molecule has 0 unspecified atom stereocenters. The third-order valence-electron chi connectivity index (χ3n) is 6.11. The number of carbonyl (C=O) groups is 2. The second-order valence-corrected chi connectivity index (χ2v) is 9.00. The summed E-state index contributed by atoms with van der Waals surface area (Å²) in [6.07, 6.45) is 2.00. The van der Waals surface area contributed by atoms with Crippen LogP contribution in [0.2, 0.25) is 0 Å². The summed E-state index contributed by atoms with van der Waals surface area (Å²) >= 11 is 1.62. The Balaban J connectivity index is 1.55. The number of nitrogens with zero attached hydrogens (tertiary/aromatic N) is 3. The molecule has 2 aromatic rings. The van der Waals surface area contributed by atoms with E-state index in [2.05, 4.69) is 4.90 Å². The number of benzene rings is 1. The van der Waals surface area contributed by atoms with E-state index >= 15 is 0 Å². The zero-order valence-electron chi connectivity index (χ0n) is 18.3.